The molecule has 1 atom stereocenters. The Hall–Kier alpha value is -1.58. The molecular weight excluding hydrogens is 289 g/mol. The Labute approximate surface area is 128 Å². The number of nitrogens with one attached hydrogen (secondary N) is 1. The Bertz CT molecular complexity index is 639. The third-order valence-electron chi connectivity index (χ3n) is 3.75. The second kappa shape index (κ2) is 6.04. The van der Waals surface area contributed by atoms with Gasteiger partial charge in [0.1, 0.15) is 11.6 Å². The Morgan fingerprint density at radius 3 is 2.86 bits per heavy atom. The number of hydrogen-bond donors (Lipinski definition) is 1. The van der Waals surface area contributed by atoms with E-state index in [0.717, 1.165) is 17.7 Å². The predicted molar refractivity (Wildman–Crippen MR) is 82.6 cm³/mol. The van der Waals surface area contributed by atoms with Gasteiger partial charge in [-0.25, -0.2) is 4.39 Å². The fourth-order valence-corrected chi connectivity index (χ4v) is 3.10. The molecule has 0 aromatic heterocycles. The zero-order valence-corrected chi connectivity index (χ0v) is 12.6. The number of para-hydroxylation sites is 1. The second-order valence-electron chi connectivity index (χ2n) is 5.06. The monoisotopic (exact) mass is 305 g/mol. The van der Waals surface area contributed by atoms with Crippen LogP contribution in [-0.4, -0.2) is 13.2 Å². The predicted octanol–water partition coefficient (Wildman–Crippen LogP) is 4.11. The number of hydrogen-bond acceptors (Lipinski definition) is 2. The summed E-state index contributed by atoms with van der Waals surface area (Å²) in [4.78, 5) is 0. The van der Waals surface area contributed by atoms with Crippen LogP contribution in [0.2, 0.25) is 5.02 Å². The summed E-state index contributed by atoms with van der Waals surface area (Å²) in [6, 6.07) is 10.5. The first-order valence-electron chi connectivity index (χ1n) is 7.14. The summed E-state index contributed by atoms with van der Waals surface area (Å²) in [5, 5.41) is 3.75. The minimum atomic E-state index is -0.309. The average molecular weight is 306 g/mol. The van der Waals surface area contributed by atoms with Gasteiger partial charge in [-0.2, -0.15) is 0 Å². The van der Waals surface area contributed by atoms with E-state index in [1.165, 1.54) is 11.6 Å². The van der Waals surface area contributed by atoms with Gasteiger partial charge in [-0.05, 0) is 24.2 Å². The average Bonchev–Trinajstić information content (AvgIpc) is 2.94. The first-order chi connectivity index (χ1) is 10.2. The molecule has 1 unspecified atom stereocenters. The molecule has 21 heavy (non-hydrogen) atoms. The minimum Gasteiger partial charge on any atom is -0.493 e. The molecule has 0 aliphatic carbocycles. The Balaban J connectivity index is 2.13. The topological polar surface area (TPSA) is 21.3 Å². The van der Waals surface area contributed by atoms with Crippen molar-refractivity contribution in [1.29, 1.82) is 0 Å². The molecule has 1 aliphatic heterocycles. The van der Waals surface area contributed by atoms with Crippen LogP contribution in [0.15, 0.2) is 36.4 Å². The highest BCUT2D eigenvalue weighted by molar-refractivity contribution is 6.31. The third kappa shape index (κ3) is 2.63. The van der Waals surface area contributed by atoms with Crippen LogP contribution in [0.25, 0.3) is 0 Å². The van der Waals surface area contributed by atoms with E-state index in [4.69, 9.17) is 16.3 Å². The van der Waals surface area contributed by atoms with Gasteiger partial charge in [-0.15, -0.1) is 0 Å². The lowest BCUT2D eigenvalue weighted by Crippen LogP contribution is -2.24. The molecule has 2 nitrogen and oxygen atoms in total. The molecule has 1 aliphatic rings. The van der Waals surface area contributed by atoms with Crippen LogP contribution in [0.3, 0.4) is 0 Å². The molecule has 0 saturated carbocycles. The molecule has 0 radical (unpaired) electrons. The molecule has 2 aromatic rings. The van der Waals surface area contributed by atoms with Crippen molar-refractivity contribution in [3.63, 3.8) is 0 Å². The van der Waals surface area contributed by atoms with E-state index in [0.29, 0.717) is 23.7 Å². The van der Waals surface area contributed by atoms with E-state index < -0.39 is 0 Å². The molecular formula is C17H17ClFNO. The van der Waals surface area contributed by atoms with Crippen LogP contribution >= 0.6 is 11.6 Å². The highest BCUT2D eigenvalue weighted by atomic mass is 35.5. The standard InChI is InChI=1S/C17H17ClFNO/c1-2-20-16(15-13(18)7-4-8-14(15)19)12-6-3-5-11-9-10-21-17(11)12/h3-8,16,20H,2,9-10H2,1H3. The van der Waals surface area contributed by atoms with Crippen molar-refractivity contribution in [2.45, 2.75) is 19.4 Å². The lowest BCUT2D eigenvalue weighted by Gasteiger charge is -2.22. The van der Waals surface area contributed by atoms with E-state index in [2.05, 4.69) is 11.4 Å². The molecule has 2 aromatic carbocycles. The van der Waals surface area contributed by atoms with Crippen molar-refractivity contribution in [3.05, 3.63) is 63.9 Å². The van der Waals surface area contributed by atoms with Crippen LogP contribution < -0.4 is 10.1 Å². The van der Waals surface area contributed by atoms with Crippen molar-refractivity contribution in [2.75, 3.05) is 13.2 Å². The van der Waals surface area contributed by atoms with Gasteiger partial charge in [0.25, 0.3) is 0 Å². The van der Waals surface area contributed by atoms with Crippen molar-refractivity contribution >= 4 is 11.6 Å². The number of ether oxygens (including phenoxy) is 1. The Kier molecular flexibility index (Phi) is 4.13. The van der Waals surface area contributed by atoms with Gasteiger partial charge >= 0.3 is 0 Å². The van der Waals surface area contributed by atoms with Crippen LogP contribution in [0.4, 0.5) is 4.39 Å². The number of fused-ring (bicyclic) bond motifs is 1. The molecule has 0 spiro atoms. The first kappa shape index (κ1) is 14.4. The molecule has 0 saturated heterocycles. The molecule has 4 heteroatoms. The van der Waals surface area contributed by atoms with E-state index >= 15 is 0 Å². The van der Waals surface area contributed by atoms with Crippen LogP contribution in [0.5, 0.6) is 5.75 Å². The summed E-state index contributed by atoms with van der Waals surface area (Å²) in [6.07, 6.45) is 0.896. The third-order valence-corrected chi connectivity index (χ3v) is 4.08. The zero-order valence-electron chi connectivity index (χ0n) is 11.8. The molecule has 0 bridgehead atoms. The highest BCUT2D eigenvalue weighted by Gasteiger charge is 2.26. The molecule has 3 rings (SSSR count). The molecule has 110 valence electrons. The fraction of sp³-hybridized carbons (Fsp3) is 0.294. The summed E-state index contributed by atoms with van der Waals surface area (Å²) >= 11 is 6.24. The van der Waals surface area contributed by atoms with Crippen LogP contribution in [0, 0.1) is 5.82 Å². The summed E-state index contributed by atoms with van der Waals surface area (Å²) in [7, 11) is 0. The Morgan fingerprint density at radius 1 is 1.29 bits per heavy atom. The summed E-state index contributed by atoms with van der Waals surface area (Å²) < 4.78 is 20.0. The van der Waals surface area contributed by atoms with Gasteiger partial charge < -0.3 is 10.1 Å². The van der Waals surface area contributed by atoms with Crippen molar-refractivity contribution < 1.29 is 9.13 Å². The molecule has 0 amide bonds. The summed E-state index contributed by atoms with van der Waals surface area (Å²) in [5.41, 5.74) is 2.59. The van der Waals surface area contributed by atoms with Crippen molar-refractivity contribution in [3.8, 4) is 5.75 Å². The van der Waals surface area contributed by atoms with Gasteiger partial charge in [-0.3, -0.25) is 0 Å². The van der Waals surface area contributed by atoms with Crippen LogP contribution in [0.1, 0.15) is 29.7 Å². The normalized spacial score (nSPS) is 14.6. The van der Waals surface area contributed by atoms with E-state index in [1.54, 1.807) is 12.1 Å². The summed E-state index contributed by atoms with van der Waals surface area (Å²) in [5.74, 6) is 0.562. The van der Waals surface area contributed by atoms with Gasteiger partial charge in [0.2, 0.25) is 0 Å². The van der Waals surface area contributed by atoms with E-state index in [9.17, 15) is 4.39 Å². The van der Waals surface area contributed by atoms with Gasteiger partial charge in [-0.1, -0.05) is 42.8 Å². The second-order valence-corrected chi connectivity index (χ2v) is 5.47. The van der Waals surface area contributed by atoms with Gasteiger partial charge in [0.05, 0.1) is 12.6 Å². The number of rotatable bonds is 4. The summed E-state index contributed by atoms with van der Waals surface area (Å²) in [6.45, 7) is 3.38. The first-order valence-corrected chi connectivity index (χ1v) is 7.52. The molecule has 0 fully saturated rings. The van der Waals surface area contributed by atoms with Gasteiger partial charge in [0, 0.05) is 22.6 Å². The van der Waals surface area contributed by atoms with Crippen molar-refractivity contribution in [2.24, 2.45) is 0 Å². The van der Waals surface area contributed by atoms with E-state index in [-0.39, 0.29) is 11.9 Å². The maximum absolute atomic E-state index is 14.3. The fourth-order valence-electron chi connectivity index (χ4n) is 2.83. The lowest BCUT2D eigenvalue weighted by atomic mass is 9.95. The highest BCUT2D eigenvalue weighted by Crippen LogP contribution is 2.38. The largest absolute Gasteiger partial charge is 0.493 e. The van der Waals surface area contributed by atoms with Crippen molar-refractivity contribution in [1.82, 2.24) is 5.32 Å². The number of halogens is 2. The minimum absolute atomic E-state index is 0.302. The molecule has 1 heterocycles. The Morgan fingerprint density at radius 2 is 2.10 bits per heavy atom. The maximum Gasteiger partial charge on any atom is 0.129 e. The zero-order chi connectivity index (χ0) is 14.8. The lowest BCUT2D eigenvalue weighted by molar-refractivity contribution is 0.350. The number of benzene rings is 2. The van der Waals surface area contributed by atoms with E-state index in [1.807, 2.05) is 19.1 Å². The molecule has 1 N–H and O–H groups in total. The van der Waals surface area contributed by atoms with Crippen LogP contribution in [-0.2, 0) is 6.42 Å². The smallest absolute Gasteiger partial charge is 0.129 e. The SMILES string of the molecule is CCNC(c1cccc2c1OCC2)c1c(F)cccc1Cl. The van der Waals surface area contributed by atoms with Gasteiger partial charge in [0.15, 0.2) is 0 Å². The maximum atomic E-state index is 14.3. The quantitative estimate of drug-likeness (QED) is 0.917.